The van der Waals surface area contributed by atoms with Crippen LogP contribution >= 0.6 is 0 Å². The lowest BCUT2D eigenvalue weighted by Gasteiger charge is -2.19. The highest BCUT2D eigenvalue weighted by molar-refractivity contribution is 5.91. The van der Waals surface area contributed by atoms with Crippen molar-refractivity contribution in [2.75, 3.05) is 18.4 Å². The Hall–Kier alpha value is -4.12. The van der Waals surface area contributed by atoms with E-state index in [0.29, 0.717) is 18.2 Å². The highest BCUT2D eigenvalue weighted by Gasteiger charge is 2.22. The molecule has 0 saturated heterocycles. The topological polar surface area (TPSA) is 127 Å². The zero-order valence-electron chi connectivity index (χ0n) is 23.1. The third-order valence-corrected chi connectivity index (χ3v) is 6.83. The van der Waals surface area contributed by atoms with Crippen molar-refractivity contribution in [1.29, 1.82) is 0 Å². The van der Waals surface area contributed by atoms with E-state index >= 15 is 0 Å². The summed E-state index contributed by atoms with van der Waals surface area (Å²) in [6, 6.07) is 8.63. The zero-order chi connectivity index (χ0) is 27.6. The van der Waals surface area contributed by atoms with Crippen LogP contribution < -0.4 is 16.0 Å². The number of amides is 1. The number of hydrogen-bond acceptors (Lipinski definition) is 8. The number of hydrogen-bond donors (Lipinski definition) is 3. The molecule has 3 aromatic heterocycles. The molecule has 5 rings (SSSR count). The Morgan fingerprint density at radius 3 is 2.79 bits per heavy atom. The molecule has 0 bridgehead atoms. The van der Waals surface area contributed by atoms with Crippen molar-refractivity contribution >= 4 is 17.5 Å². The summed E-state index contributed by atoms with van der Waals surface area (Å²) in [4.78, 5) is 21.9. The first-order chi connectivity index (χ1) is 18.7. The van der Waals surface area contributed by atoms with Crippen molar-refractivity contribution in [3.05, 3.63) is 65.9 Å². The van der Waals surface area contributed by atoms with Crippen LogP contribution in [0.5, 0.6) is 0 Å². The summed E-state index contributed by atoms with van der Waals surface area (Å²) in [5, 5.41) is 22.4. The van der Waals surface area contributed by atoms with E-state index in [1.165, 1.54) is 11.1 Å². The summed E-state index contributed by atoms with van der Waals surface area (Å²) in [6.07, 6.45) is 8.10. The largest absolute Gasteiger partial charge is 0.350 e. The van der Waals surface area contributed by atoms with Crippen molar-refractivity contribution in [3.8, 4) is 11.3 Å². The second-order valence-corrected chi connectivity index (χ2v) is 11.2. The minimum atomic E-state index is -0.230. The Morgan fingerprint density at radius 1 is 1.21 bits per heavy atom. The van der Waals surface area contributed by atoms with Gasteiger partial charge in [0.2, 0.25) is 5.95 Å². The molecule has 0 radical (unpaired) electrons. The van der Waals surface area contributed by atoms with Gasteiger partial charge in [-0.15, -0.1) is 5.10 Å². The highest BCUT2D eigenvalue weighted by Crippen LogP contribution is 2.30. The predicted molar refractivity (Wildman–Crippen MR) is 150 cm³/mol. The smallest absolute Gasteiger partial charge is 0.273 e. The first-order valence-corrected chi connectivity index (χ1v) is 13.4. The van der Waals surface area contributed by atoms with Gasteiger partial charge in [-0.2, -0.15) is 5.10 Å². The molecule has 1 amide bonds. The van der Waals surface area contributed by atoms with Gasteiger partial charge in [0.05, 0.1) is 29.3 Å². The summed E-state index contributed by atoms with van der Waals surface area (Å²) in [7, 11) is 0. The monoisotopic (exact) mass is 528 g/mol. The summed E-state index contributed by atoms with van der Waals surface area (Å²) < 4.78 is 3.60. The molecule has 0 unspecified atom stereocenters. The van der Waals surface area contributed by atoms with E-state index in [2.05, 4.69) is 68.4 Å². The molecule has 0 saturated carbocycles. The number of nitrogens with zero attached hydrogens (tertiary/aromatic N) is 7. The fourth-order valence-corrected chi connectivity index (χ4v) is 4.58. The number of aromatic nitrogens is 7. The number of carbonyl (C=O) groups is 1. The predicted octanol–water partition coefficient (Wildman–Crippen LogP) is 4.02. The van der Waals surface area contributed by atoms with Crippen LogP contribution in [0.3, 0.4) is 0 Å². The zero-order valence-corrected chi connectivity index (χ0v) is 23.1. The average molecular weight is 529 g/mol. The lowest BCUT2D eigenvalue weighted by atomic mass is 9.91. The Bertz CT molecular complexity index is 1450. The van der Waals surface area contributed by atoms with E-state index in [9.17, 15) is 4.79 Å². The summed E-state index contributed by atoms with van der Waals surface area (Å²) >= 11 is 0. The normalized spacial score (nSPS) is 15.6. The minimum Gasteiger partial charge on any atom is -0.350 e. The lowest BCUT2D eigenvalue weighted by molar-refractivity contribution is 0.0945. The maximum absolute atomic E-state index is 12.8. The molecule has 39 heavy (non-hydrogen) atoms. The van der Waals surface area contributed by atoms with Crippen molar-refractivity contribution in [3.63, 3.8) is 0 Å². The second-order valence-electron chi connectivity index (χ2n) is 11.2. The van der Waals surface area contributed by atoms with E-state index in [0.717, 1.165) is 36.5 Å². The fourth-order valence-electron chi connectivity index (χ4n) is 4.58. The first kappa shape index (κ1) is 26.5. The van der Waals surface area contributed by atoms with E-state index in [1.807, 2.05) is 37.7 Å². The second kappa shape index (κ2) is 10.9. The number of fused-ring (bicyclic) bond motifs is 1. The molecule has 1 atom stereocenters. The van der Waals surface area contributed by atoms with Crippen LogP contribution in [0, 0.1) is 0 Å². The van der Waals surface area contributed by atoms with Crippen LogP contribution in [0.1, 0.15) is 74.6 Å². The molecule has 4 heterocycles. The molecule has 11 heteroatoms. The summed E-state index contributed by atoms with van der Waals surface area (Å²) in [5.41, 5.74) is 5.23. The minimum absolute atomic E-state index is 0.186. The molecule has 1 aliphatic heterocycles. The Balaban J connectivity index is 1.30. The maximum Gasteiger partial charge on any atom is 0.273 e. The SMILES string of the molecule is CC(C)n1cc(Nc2nccc(-c3ccc4c(c3)CNCC[C@H]4CNC(=O)c3cn(C(C)(C)C)nn3)n2)cn1. The third kappa shape index (κ3) is 6.14. The molecule has 1 aromatic carbocycles. The Labute approximate surface area is 228 Å². The van der Waals surface area contributed by atoms with Gasteiger partial charge >= 0.3 is 0 Å². The summed E-state index contributed by atoms with van der Waals surface area (Å²) in [6.45, 7) is 12.4. The van der Waals surface area contributed by atoms with Crippen LogP contribution in [0.2, 0.25) is 0 Å². The van der Waals surface area contributed by atoms with E-state index in [4.69, 9.17) is 4.98 Å². The summed E-state index contributed by atoms with van der Waals surface area (Å²) in [5.74, 6) is 0.500. The number of carbonyl (C=O) groups excluding carboxylic acids is 1. The van der Waals surface area contributed by atoms with Crippen LogP contribution in [0.25, 0.3) is 11.3 Å². The molecule has 0 aliphatic carbocycles. The van der Waals surface area contributed by atoms with Crippen LogP contribution in [-0.2, 0) is 12.1 Å². The van der Waals surface area contributed by atoms with Gasteiger partial charge in [-0.25, -0.2) is 14.6 Å². The van der Waals surface area contributed by atoms with Gasteiger partial charge in [-0.3, -0.25) is 9.48 Å². The van der Waals surface area contributed by atoms with Crippen LogP contribution in [0.4, 0.5) is 11.6 Å². The molecular formula is C28H36N10O. The quantitative estimate of drug-likeness (QED) is 0.328. The van der Waals surface area contributed by atoms with Crippen molar-refractivity contribution < 1.29 is 4.79 Å². The fraction of sp³-hybridized carbons (Fsp3) is 0.429. The van der Waals surface area contributed by atoms with Gasteiger partial charge in [-0.1, -0.05) is 17.3 Å². The van der Waals surface area contributed by atoms with Crippen LogP contribution in [-0.4, -0.2) is 53.7 Å². The molecular weight excluding hydrogens is 492 g/mol. The molecule has 1 aliphatic rings. The lowest BCUT2D eigenvalue weighted by Crippen LogP contribution is -2.29. The number of anilines is 2. The van der Waals surface area contributed by atoms with Crippen molar-refractivity contribution in [2.45, 2.75) is 65.1 Å². The van der Waals surface area contributed by atoms with Gasteiger partial charge in [0.1, 0.15) is 0 Å². The van der Waals surface area contributed by atoms with E-state index in [1.54, 1.807) is 23.3 Å². The van der Waals surface area contributed by atoms with Gasteiger partial charge in [-0.05, 0) is 70.8 Å². The van der Waals surface area contributed by atoms with Gasteiger partial charge in [0.15, 0.2) is 5.69 Å². The van der Waals surface area contributed by atoms with Crippen molar-refractivity contribution in [2.24, 2.45) is 0 Å². The molecule has 11 nitrogen and oxygen atoms in total. The molecule has 204 valence electrons. The van der Waals surface area contributed by atoms with Gasteiger partial charge < -0.3 is 16.0 Å². The third-order valence-electron chi connectivity index (χ3n) is 6.83. The molecule has 4 aromatic rings. The molecule has 0 fully saturated rings. The first-order valence-electron chi connectivity index (χ1n) is 13.4. The van der Waals surface area contributed by atoms with Crippen molar-refractivity contribution in [1.82, 2.24) is 45.4 Å². The molecule has 0 spiro atoms. The standard InChI is InChI=1S/C28H36N10O/c1-18(2)37-16-22(15-32-37)33-27-30-11-9-24(34-27)19-6-7-23-20(8-10-29-13-21(23)12-19)14-31-26(39)25-17-38(36-35-25)28(3,4)5/h6-7,9,11-12,15-18,20,29H,8,10,13-14H2,1-5H3,(H,31,39)(H,30,33,34)/t20-/m0/s1. The molecule has 3 N–H and O–H groups in total. The number of nitrogens with one attached hydrogen (secondary N) is 3. The number of rotatable bonds is 7. The van der Waals surface area contributed by atoms with E-state index < -0.39 is 0 Å². The average Bonchev–Trinajstić information content (AvgIpc) is 3.55. The van der Waals surface area contributed by atoms with Gasteiger partial charge in [0, 0.05) is 43.0 Å². The van der Waals surface area contributed by atoms with Gasteiger partial charge in [0.25, 0.3) is 5.91 Å². The Kier molecular flexibility index (Phi) is 7.42. The highest BCUT2D eigenvalue weighted by atomic mass is 16.2. The van der Waals surface area contributed by atoms with E-state index in [-0.39, 0.29) is 23.4 Å². The van der Waals surface area contributed by atoms with Crippen LogP contribution in [0.15, 0.2) is 49.1 Å². The Morgan fingerprint density at radius 2 is 2.05 bits per heavy atom. The number of benzene rings is 1. The maximum atomic E-state index is 12.8.